The topological polar surface area (TPSA) is 49.9 Å². The monoisotopic (exact) mass is 270 g/mol. The molecule has 1 rings (SSSR count). The zero-order chi connectivity index (χ0) is 14.4. The van der Waals surface area contributed by atoms with Crippen LogP contribution in [-0.4, -0.2) is 55.1 Å². The molecule has 0 aliphatic carbocycles. The van der Waals surface area contributed by atoms with Crippen LogP contribution in [0, 0.1) is 11.8 Å². The second kappa shape index (κ2) is 7.36. The molecule has 5 heteroatoms. The van der Waals surface area contributed by atoms with E-state index in [0.29, 0.717) is 25.6 Å². The Balaban J connectivity index is 2.54. The van der Waals surface area contributed by atoms with Crippen LogP contribution in [0.3, 0.4) is 0 Å². The molecule has 1 saturated heterocycles. The van der Waals surface area contributed by atoms with Crippen LogP contribution in [0.1, 0.15) is 33.6 Å². The molecule has 0 radical (unpaired) electrons. The smallest absolute Gasteiger partial charge is 0.409 e. The third-order valence-corrected chi connectivity index (χ3v) is 3.31. The molecule has 1 aliphatic heterocycles. The maximum atomic E-state index is 12.3. The second-order valence-corrected chi connectivity index (χ2v) is 5.60. The molecule has 5 nitrogen and oxygen atoms in total. The number of ether oxygens (including phenoxy) is 1. The Kier molecular flexibility index (Phi) is 6.12. The first-order valence-electron chi connectivity index (χ1n) is 7.12. The zero-order valence-electron chi connectivity index (χ0n) is 12.5. The third-order valence-electron chi connectivity index (χ3n) is 3.31. The molecule has 0 spiro atoms. The molecule has 0 bridgehead atoms. The van der Waals surface area contributed by atoms with Gasteiger partial charge in [-0.05, 0) is 25.7 Å². The number of likely N-dealkylation sites (tertiary alicyclic amines) is 1. The number of rotatable bonds is 4. The summed E-state index contributed by atoms with van der Waals surface area (Å²) in [5.74, 6) is 0.517. The Morgan fingerprint density at radius 1 is 1.42 bits per heavy atom. The van der Waals surface area contributed by atoms with Crippen molar-refractivity contribution in [3.05, 3.63) is 0 Å². The number of carbonyl (C=O) groups is 2. The molecule has 1 aliphatic rings. The Hall–Kier alpha value is -1.26. The van der Waals surface area contributed by atoms with Crippen molar-refractivity contribution in [2.75, 3.05) is 33.3 Å². The number of carbonyl (C=O) groups excluding carboxylic acids is 2. The van der Waals surface area contributed by atoms with Crippen molar-refractivity contribution in [1.29, 1.82) is 0 Å². The maximum absolute atomic E-state index is 12.3. The molecule has 1 atom stereocenters. The third kappa shape index (κ3) is 4.73. The number of amides is 2. The highest BCUT2D eigenvalue weighted by molar-refractivity contribution is 5.80. The van der Waals surface area contributed by atoms with E-state index in [0.717, 1.165) is 19.4 Å². The van der Waals surface area contributed by atoms with Gasteiger partial charge in [-0.3, -0.25) is 4.79 Å². The van der Waals surface area contributed by atoms with Gasteiger partial charge in [-0.15, -0.1) is 0 Å². The number of nitrogens with zero attached hydrogens (tertiary/aromatic N) is 2. The van der Waals surface area contributed by atoms with Crippen molar-refractivity contribution in [2.24, 2.45) is 11.8 Å². The van der Waals surface area contributed by atoms with Gasteiger partial charge in [0.15, 0.2) is 0 Å². The summed E-state index contributed by atoms with van der Waals surface area (Å²) in [5, 5.41) is 0. The summed E-state index contributed by atoms with van der Waals surface area (Å²) in [7, 11) is 1.84. The van der Waals surface area contributed by atoms with Crippen LogP contribution in [0.5, 0.6) is 0 Å². The lowest BCUT2D eigenvalue weighted by atomic mass is 9.96. The second-order valence-electron chi connectivity index (χ2n) is 5.60. The summed E-state index contributed by atoms with van der Waals surface area (Å²) in [6, 6.07) is 0. The van der Waals surface area contributed by atoms with Crippen molar-refractivity contribution < 1.29 is 14.3 Å². The highest BCUT2D eigenvalue weighted by Crippen LogP contribution is 2.19. The average molecular weight is 270 g/mol. The van der Waals surface area contributed by atoms with Gasteiger partial charge in [0.05, 0.1) is 12.5 Å². The molecule has 1 fully saturated rings. The Morgan fingerprint density at radius 2 is 2.11 bits per heavy atom. The van der Waals surface area contributed by atoms with Gasteiger partial charge in [0, 0.05) is 26.7 Å². The van der Waals surface area contributed by atoms with E-state index >= 15 is 0 Å². The molecule has 0 aromatic carbocycles. The van der Waals surface area contributed by atoms with Gasteiger partial charge < -0.3 is 14.5 Å². The minimum Gasteiger partial charge on any atom is -0.450 e. The fraction of sp³-hybridized carbons (Fsp3) is 0.857. The number of hydrogen-bond acceptors (Lipinski definition) is 3. The van der Waals surface area contributed by atoms with Crippen LogP contribution < -0.4 is 0 Å². The first-order chi connectivity index (χ1) is 8.95. The van der Waals surface area contributed by atoms with Crippen LogP contribution >= 0.6 is 0 Å². The fourth-order valence-corrected chi connectivity index (χ4v) is 2.51. The van der Waals surface area contributed by atoms with Crippen molar-refractivity contribution >= 4 is 12.0 Å². The molecular weight excluding hydrogens is 244 g/mol. The van der Waals surface area contributed by atoms with Crippen LogP contribution in [0.15, 0.2) is 0 Å². The van der Waals surface area contributed by atoms with Gasteiger partial charge in [0.1, 0.15) is 0 Å². The summed E-state index contributed by atoms with van der Waals surface area (Å²) in [4.78, 5) is 27.4. The average Bonchev–Trinajstić information content (AvgIpc) is 2.37. The zero-order valence-corrected chi connectivity index (χ0v) is 12.5. The predicted molar refractivity (Wildman–Crippen MR) is 73.8 cm³/mol. The van der Waals surface area contributed by atoms with Crippen molar-refractivity contribution in [3.8, 4) is 0 Å². The number of hydrogen-bond donors (Lipinski definition) is 0. The molecular formula is C14H26N2O3. The van der Waals surface area contributed by atoms with E-state index in [-0.39, 0.29) is 17.9 Å². The Labute approximate surface area is 115 Å². The largest absolute Gasteiger partial charge is 0.450 e. The van der Waals surface area contributed by atoms with Gasteiger partial charge in [-0.25, -0.2) is 4.79 Å². The maximum Gasteiger partial charge on any atom is 0.409 e. The summed E-state index contributed by atoms with van der Waals surface area (Å²) in [6.45, 7) is 8.29. The highest BCUT2D eigenvalue weighted by atomic mass is 16.6. The van der Waals surface area contributed by atoms with Crippen molar-refractivity contribution in [3.63, 3.8) is 0 Å². The summed E-state index contributed by atoms with van der Waals surface area (Å²) in [5.41, 5.74) is 0. The van der Waals surface area contributed by atoms with Crippen LogP contribution in [0.2, 0.25) is 0 Å². The van der Waals surface area contributed by atoms with Crippen molar-refractivity contribution in [2.45, 2.75) is 33.6 Å². The fourth-order valence-electron chi connectivity index (χ4n) is 2.51. The van der Waals surface area contributed by atoms with Crippen LogP contribution in [-0.2, 0) is 9.53 Å². The predicted octanol–water partition coefficient (Wildman–Crippen LogP) is 1.97. The van der Waals surface area contributed by atoms with E-state index in [1.165, 1.54) is 0 Å². The molecule has 19 heavy (non-hydrogen) atoms. The van der Waals surface area contributed by atoms with Gasteiger partial charge in [0.2, 0.25) is 5.91 Å². The minimum atomic E-state index is -0.300. The molecule has 0 saturated carbocycles. The molecule has 2 amide bonds. The number of piperidine rings is 1. The highest BCUT2D eigenvalue weighted by Gasteiger charge is 2.30. The van der Waals surface area contributed by atoms with E-state index in [2.05, 4.69) is 13.8 Å². The lowest BCUT2D eigenvalue weighted by molar-refractivity contribution is -0.136. The van der Waals surface area contributed by atoms with Crippen LogP contribution in [0.4, 0.5) is 4.79 Å². The quantitative estimate of drug-likeness (QED) is 0.784. The van der Waals surface area contributed by atoms with Crippen molar-refractivity contribution in [1.82, 2.24) is 9.80 Å². The summed E-state index contributed by atoms with van der Waals surface area (Å²) >= 11 is 0. The molecule has 0 aromatic heterocycles. The van der Waals surface area contributed by atoms with E-state index in [1.807, 2.05) is 7.05 Å². The normalized spacial score (nSPS) is 19.4. The SMILES string of the molecule is CCOC(=O)N1CCCC(C(=O)N(C)CC(C)C)C1. The lowest BCUT2D eigenvalue weighted by Gasteiger charge is -2.33. The van der Waals surface area contributed by atoms with E-state index in [1.54, 1.807) is 16.7 Å². The molecule has 1 unspecified atom stereocenters. The van der Waals surface area contributed by atoms with E-state index < -0.39 is 0 Å². The first kappa shape index (κ1) is 15.8. The molecule has 1 heterocycles. The standard InChI is InChI=1S/C14H26N2O3/c1-5-19-14(18)16-8-6-7-12(10-16)13(17)15(4)9-11(2)3/h11-12H,5-10H2,1-4H3. The van der Waals surface area contributed by atoms with Gasteiger partial charge in [-0.2, -0.15) is 0 Å². The molecule has 0 N–H and O–H groups in total. The van der Waals surface area contributed by atoms with E-state index in [4.69, 9.17) is 4.74 Å². The summed E-state index contributed by atoms with van der Waals surface area (Å²) < 4.78 is 5.00. The van der Waals surface area contributed by atoms with Crippen LogP contribution in [0.25, 0.3) is 0 Å². The minimum absolute atomic E-state index is 0.0816. The van der Waals surface area contributed by atoms with E-state index in [9.17, 15) is 9.59 Å². The Morgan fingerprint density at radius 3 is 2.68 bits per heavy atom. The molecule has 110 valence electrons. The molecule has 0 aromatic rings. The lowest BCUT2D eigenvalue weighted by Crippen LogP contribution is -2.46. The van der Waals surface area contributed by atoms with Gasteiger partial charge in [0.25, 0.3) is 0 Å². The van der Waals surface area contributed by atoms with Gasteiger partial charge >= 0.3 is 6.09 Å². The summed E-state index contributed by atoms with van der Waals surface area (Å²) in [6.07, 6.45) is 1.42. The Bertz CT molecular complexity index is 318. The first-order valence-corrected chi connectivity index (χ1v) is 7.12. The van der Waals surface area contributed by atoms with Gasteiger partial charge in [-0.1, -0.05) is 13.8 Å².